The molecule has 2 heteroatoms. The number of rotatable bonds is 6. The molecule has 0 bridgehead atoms. The molecule has 0 aliphatic carbocycles. The molecule has 1 fully saturated rings. The van der Waals surface area contributed by atoms with E-state index in [9.17, 15) is 0 Å². The molecule has 0 amide bonds. The standard InChI is InChI=1S/C14H21NO/c1-2-4-13(5-3-1)7-10-16-11-8-14-6-9-15-12-14/h1-5,14-15H,6-12H2. The second kappa shape index (κ2) is 6.66. The molecule has 1 atom stereocenters. The van der Waals surface area contributed by atoms with Crippen LogP contribution >= 0.6 is 0 Å². The number of nitrogens with one attached hydrogen (secondary N) is 1. The summed E-state index contributed by atoms with van der Waals surface area (Å²) in [5, 5.41) is 3.38. The predicted octanol–water partition coefficient (Wildman–Crippen LogP) is 2.25. The van der Waals surface area contributed by atoms with Gasteiger partial charge in [0, 0.05) is 6.61 Å². The molecule has 0 aromatic heterocycles. The zero-order valence-electron chi connectivity index (χ0n) is 9.82. The van der Waals surface area contributed by atoms with Gasteiger partial charge in [0.05, 0.1) is 6.61 Å². The van der Waals surface area contributed by atoms with Gasteiger partial charge in [-0.05, 0) is 43.8 Å². The van der Waals surface area contributed by atoms with E-state index in [0.717, 1.165) is 25.6 Å². The Hall–Kier alpha value is -0.860. The molecule has 1 aliphatic rings. The number of hydrogen-bond donors (Lipinski definition) is 1. The zero-order valence-corrected chi connectivity index (χ0v) is 9.82. The van der Waals surface area contributed by atoms with Crippen LogP contribution in [0.25, 0.3) is 0 Å². The fourth-order valence-corrected chi connectivity index (χ4v) is 2.15. The van der Waals surface area contributed by atoms with Gasteiger partial charge in [0.1, 0.15) is 0 Å². The molecule has 1 unspecified atom stereocenters. The van der Waals surface area contributed by atoms with Crippen molar-refractivity contribution >= 4 is 0 Å². The van der Waals surface area contributed by atoms with E-state index < -0.39 is 0 Å². The van der Waals surface area contributed by atoms with Crippen LogP contribution in [-0.2, 0) is 11.2 Å². The summed E-state index contributed by atoms with van der Waals surface area (Å²) in [5.74, 6) is 0.844. The Labute approximate surface area is 98.0 Å². The van der Waals surface area contributed by atoms with Crippen molar-refractivity contribution < 1.29 is 4.74 Å². The maximum Gasteiger partial charge on any atom is 0.0506 e. The first kappa shape index (κ1) is 11.6. The smallest absolute Gasteiger partial charge is 0.0506 e. The fourth-order valence-electron chi connectivity index (χ4n) is 2.15. The highest BCUT2D eigenvalue weighted by Crippen LogP contribution is 2.11. The van der Waals surface area contributed by atoms with E-state index in [1.54, 1.807) is 0 Å². The number of ether oxygens (including phenoxy) is 1. The molecule has 0 spiro atoms. The van der Waals surface area contributed by atoms with Crippen LogP contribution in [0.3, 0.4) is 0 Å². The Bertz CT molecular complexity index is 280. The Morgan fingerprint density at radius 2 is 2.06 bits per heavy atom. The van der Waals surface area contributed by atoms with Crippen LogP contribution in [0, 0.1) is 5.92 Å². The Morgan fingerprint density at radius 1 is 1.19 bits per heavy atom. The third kappa shape index (κ3) is 3.95. The van der Waals surface area contributed by atoms with Crippen molar-refractivity contribution in [3.8, 4) is 0 Å². The molecule has 2 rings (SSSR count). The third-order valence-corrected chi connectivity index (χ3v) is 3.21. The maximum absolute atomic E-state index is 5.67. The lowest BCUT2D eigenvalue weighted by molar-refractivity contribution is 0.124. The fraction of sp³-hybridized carbons (Fsp3) is 0.571. The van der Waals surface area contributed by atoms with Gasteiger partial charge in [0.2, 0.25) is 0 Å². The quantitative estimate of drug-likeness (QED) is 0.741. The maximum atomic E-state index is 5.67. The number of benzene rings is 1. The van der Waals surface area contributed by atoms with Crippen LogP contribution in [0.1, 0.15) is 18.4 Å². The Morgan fingerprint density at radius 3 is 2.81 bits per heavy atom. The highest BCUT2D eigenvalue weighted by Gasteiger charge is 2.13. The summed E-state index contributed by atoms with van der Waals surface area (Å²) in [7, 11) is 0. The lowest BCUT2D eigenvalue weighted by atomic mass is 10.1. The molecule has 1 saturated heterocycles. The van der Waals surface area contributed by atoms with Crippen molar-refractivity contribution in [2.75, 3.05) is 26.3 Å². The minimum Gasteiger partial charge on any atom is -0.381 e. The van der Waals surface area contributed by atoms with Crippen molar-refractivity contribution in [1.29, 1.82) is 0 Å². The molecule has 0 radical (unpaired) electrons. The molecule has 1 N–H and O–H groups in total. The average Bonchev–Trinajstić information content (AvgIpc) is 2.83. The third-order valence-electron chi connectivity index (χ3n) is 3.21. The second-order valence-electron chi connectivity index (χ2n) is 4.50. The molecular formula is C14H21NO. The summed E-state index contributed by atoms with van der Waals surface area (Å²) in [5.41, 5.74) is 1.37. The van der Waals surface area contributed by atoms with Gasteiger partial charge in [-0.3, -0.25) is 0 Å². The van der Waals surface area contributed by atoms with Gasteiger partial charge in [-0.25, -0.2) is 0 Å². The van der Waals surface area contributed by atoms with Gasteiger partial charge in [-0.2, -0.15) is 0 Å². The van der Waals surface area contributed by atoms with E-state index in [-0.39, 0.29) is 0 Å². The van der Waals surface area contributed by atoms with Crippen LogP contribution in [0.4, 0.5) is 0 Å². The van der Waals surface area contributed by atoms with Crippen molar-refractivity contribution in [2.45, 2.75) is 19.3 Å². The molecular weight excluding hydrogens is 198 g/mol. The van der Waals surface area contributed by atoms with Crippen molar-refractivity contribution in [1.82, 2.24) is 5.32 Å². The Kier molecular flexibility index (Phi) is 4.84. The van der Waals surface area contributed by atoms with Crippen LogP contribution in [0.2, 0.25) is 0 Å². The molecule has 1 aromatic carbocycles. The highest BCUT2D eigenvalue weighted by molar-refractivity contribution is 5.14. The van der Waals surface area contributed by atoms with E-state index in [4.69, 9.17) is 4.74 Å². The monoisotopic (exact) mass is 219 g/mol. The van der Waals surface area contributed by atoms with Crippen LogP contribution in [0.15, 0.2) is 30.3 Å². The lowest BCUT2D eigenvalue weighted by Gasteiger charge is -2.08. The topological polar surface area (TPSA) is 21.3 Å². The minimum absolute atomic E-state index is 0.844. The number of hydrogen-bond acceptors (Lipinski definition) is 2. The summed E-state index contributed by atoms with van der Waals surface area (Å²) in [6.45, 7) is 4.14. The van der Waals surface area contributed by atoms with Gasteiger partial charge in [-0.1, -0.05) is 30.3 Å². The molecule has 1 aromatic rings. The summed E-state index contributed by atoms with van der Waals surface area (Å²) in [6, 6.07) is 10.5. The van der Waals surface area contributed by atoms with Crippen molar-refractivity contribution in [2.24, 2.45) is 5.92 Å². The van der Waals surface area contributed by atoms with Crippen molar-refractivity contribution in [3.05, 3.63) is 35.9 Å². The molecule has 16 heavy (non-hydrogen) atoms. The first-order valence-corrected chi connectivity index (χ1v) is 6.27. The van der Waals surface area contributed by atoms with Gasteiger partial charge < -0.3 is 10.1 Å². The lowest BCUT2D eigenvalue weighted by Crippen LogP contribution is -2.11. The summed E-state index contributed by atoms with van der Waals surface area (Å²) < 4.78 is 5.67. The molecule has 88 valence electrons. The van der Waals surface area contributed by atoms with Crippen LogP contribution < -0.4 is 5.32 Å². The summed E-state index contributed by atoms with van der Waals surface area (Å²) in [6.07, 6.45) is 3.56. The molecule has 1 heterocycles. The zero-order chi connectivity index (χ0) is 11.1. The van der Waals surface area contributed by atoms with E-state index in [1.165, 1.54) is 31.5 Å². The average molecular weight is 219 g/mol. The van der Waals surface area contributed by atoms with Gasteiger partial charge >= 0.3 is 0 Å². The first-order valence-electron chi connectivity index (χ1n) is 6.27. The van der Waals surface area contributed by atoms with E-state index >= 15 is 0 Å². The van der Waals surface area contributed by atoms with E-state index in [0.29, 0.717) is 0 Å². The highest BCUT2D eigenvalue weighted by atomic mass is 16.5. The van der Waals surface area contributed by atoms with Crippen LogP contribution in [-0.4, -0.2) is 26.3 Å². The molecule has 1 aliphatic heterocycles. The van der Waals surface area contributed by atoms with E-state index in [1.807, 2.05) is 0 Å². The molecule has 0 saturated carbocycles. The van der Waals surface area contributed by atoms with Gasteiger partial charge in [-0.15, -0.1) is 0 Å². The van der Waals surface area contributed by atoms with Crippen LogP contribution in [0.5, 0.6) is 0 Å². The summed E-state index contributed by atoms with van der Waals surface area (Å²) >= 11 is 0. The van der Waals surface area contributed by atoms with Gasteiger partial charge in [0.15, 0.2) is 0 Å². The summed E-state index contributed by atoms with van der Waals surface area (Å²) in [4.78, 5) is 0. The van der Waals surface area contributed by atoms with Crippen molar-refractivity contribution in [3.63, 3.8) is 0 Å². The SMILES string of the molecule is c1ccc(CCOCCC2CCNC2)cc1. The minimum atomic E-state index is 0.844. The van der Waals surface area contributed by atoms with E-state index in [2.05, 4.69) is 35.6 Å². The first-order chi connectivity index (χ1) is 7.95. The normalized spacial score (nSPS) is 20.1. The second-order valence-corrected chi connectivity index (χ2v) is 4.50. The Balaban J connectivity index is 1.52. The molecule has 2 nitrogen and oxygen atoms in total. The largest absolute Gasteiger partial charge is 0.381 e. The predicted molar refractivity (Wildman–Crippen MR) is 66.6 cm³/mol. The van der Waals surface area contributed by atoms with Gasteiger partial charge in [0.25, 0.3) is 0 Å².